The first-order valence-corrected chi connectivity index (χ1v) is 13.0. The molecule has 4 heteroatoms. The molecule has 0 N–H and O–H groups in total. The number of halogens is 1. The summed E-state index contributed by atoms with van der Waals surface area (Å²) in [6.07, 6.45) is 18.3. The molecule has 3 nitrogen and oxygen atoms in total. The summed E-state index contributed by atoms with van der Waals surface area (Å²) in [5.41, 5.74) is 0. The Labute approximate surface area is 198 Å². The molecule has 0 bridgehead atoms. The number of fused-ring (bicyclic) bond motifs is 1. The Morgan fingerprint density at radius 3 is 2.58 bits per heavy atom. The van der Waals surface area contributed by atoms with Crippen LogP contribution in [-0.2, 0) is 4.79 Å². The van der Waals surface area contributed by atoms with E-state index < -0.39 is 5.82 Å². The zero-order valence-electron chi connectivity index (χ0n) is 20.0. The molecular formula is C29H39FO3. The van der Waals surface area contributed by atoms with Crippen LogP contribution in [0.5, 0.6) is 11.5 Å². The van der Waals surface area contributed by atoms with E-state index in [1.807, 2.05) is 0 Å². The standard InChI is InChI=1S/C29H39FO3/c1-3-6-20-9-11-21(12-10-20)22-13-15-25-23(18-22)7-5-8-26(25)29(31)33-28-16-14-24(19-27(28)30)32-17-4-2/h3-4,6,14,16,19-23,25-26H,2,5,7-13,15,17-18H2,1H3/b6-3+. The molecule has 4 rings (SSSR count). The Morgan fingerprint density at radius 1 is 1.06 bits per heavy atom. The van der Waals surface area contributed by atoms with Gasteiger partial charge in [0.15, 0.2) is 11.6 Å². The summed E-state index contributed by atoms with van der Waals surface area (Å²) in [7, 11) is 0. The minimum absolute atomic E-state index is 0.000323. The van der Waals surface area contributed by atoms with Crippen LogP contribution in [0.4, 0.5) is 4.39 Å². The number of esters is 1. The van der Waals surface area contributed by atoms with E-state index in [1.165, 1.54) is 57.1 Å². The van der Waals surface area contributed by atoms with E-state index in [0.717, 1.165) is 37.0 Å². The molecule has 1 aromatic rings. The Morgan fingerprint density at radius 2 is 1.85 bits per heavy atom. The van der Waals surface area contributed by atoms with Crippen LogP contribution in [0.3, 0.4) is 0 Å². The van der Waals surface area contributed by atoms with E-state index in [1.54, 1.807) is 12.1 Å². The molecule has 33 heavy (non-hydrogen) atoms. The maximum absolute atomic E-state index is 14.5. The summed E-state index contributed by atoms with van der Waals surface area (Å²) in [5.74, 6) is 2.93. The normalized spacial score (nSPS) is 32.2. The lowest BCUT2D eigenvalue weighted by molar-refractivity contribution is -0.144. The van der Waals surface area contributed by atoms with E-state index in [4.69, 9.17) is 9.47 Å². The first kappa shape index (κ1) is 24.0. The van der Waals surface area contributed by atoms with Crippen LogP contribution in [0.25, 0.3) is 0 Å². The van der Waals surface area contributed by atoms with Gasteiger partial charge >= 0.3 is 5.97 Å². The Kier molecular flexibility index (Phi) is 8.27. The van der Waals surface area contributed by atoms with E-state index in [0.29, 0.717) is 24.2 Å². The minimum Gasteiger partial charge on any atom is -0.489 e. The summed E-state index contributed by atoms with van der Waals surface area (Å²) >= 11 is 0. The number of carbonyl (C=O) groups is 1. The molecule has 180 valence electrons. The van der Waals surface area contributed by atoms with Crippen LogP contribution < -0.4 is 9.47 Å². The lowest BCUT2D eigenvalue weighted by Crippen LogP contribution is -2.40. The van der Waals surface area contributed by atoms with E-state index in [-0.39, 0.29) is 17.6 Å². The smallest absolute Gasteiger partial charge is 0.314 e. The van der Waals surface area contributed by atoms with Gasteiger partial charge in [-0.25, -0.2) is 4.39 Å². The topological polar surface area (TPSA) is 35.5 Å². The van der Waals surface area contributed by atoms with E-state index in [9.17, 15) is 9.18 Å². The SMILES string of the molecule is C=CCOc1ccc(OC(=O)C2CCCC3CC(C4CCC(/C=C/C)CC4)CCC32)c(F)c1. The molecule has 3 fully saturated rings. The van der Waals surface area contributed by atoms with Crippen molar-refractivity contribution in [3.63, 3.8) is 0 Å². The van der Waals surface area contributed by atoms with Gasteiger partial charge in [-0.15, -0.1) is 0 Å². The van der Waals surface area contributed by atoms with Crippen molar-refractivity contribution < 1.29 is 18.7 Å². The number of benzene rings is 1. The van der Waals surface area contributed by atoms with Crippen molar-refractivity contribution in [1.29, 1.82) is 0 Å². The second-order valence-electron chi connectivity index (χ2n) is 10.3. The van der Waals surface area contributed by atoms with Crippen molar-refractivity contribution in [2.45, 2.75) is 71.1 Å². The molecule has 4 unspecified atom stereocenters. The second-order valence-corrected chi connectivity index (χ2v) is 10.3. The Balaban J connectivity index is 1.33. The van der Waals surface area contributed by atoms with Crippen LogP contribution in [-0.4, -0.2) is 12.6 Å². The monoisotopic (exact) mass is 454 g/mol. The van der Waals surface area contributed by atoms with E-state index in [2.05, 4.69) is 25.7 Å². The van der Waals surface area contributed by atoms with Gasteiger partial charge in [-0.2, -0.15) is 0 Å². The van der Waals surface area contributed by atoms with Crippen molar-refractivity contribution >= 4 is 5.97 Å². The molecule has 0 saturated heterocycles. The molecule has 1 aromatic carbocycles. The van der Waals surface area contributed by atoms with Gasteiger partial charge in [0.1, 0.15) is 12.4 Å². The summed E-state index contributed by atoms with van der Waals surface area (Å²) in [6.45, 7) is 6.02. The molecule has 4 atom stereocenters. The third-order valence-electron chi connectivity index (χ3n) is 8.42. The predicted molar refractivity (Wildman–Crippen MR) is 130 cm³/mol. The van der Waals surface area contributed by atoms with Gasteiger partial charge in [0, 0.05) is 6.07 Å². The third kappa shape index (κ3) is 5.88. The number of carbonyl (C=O) groups excluding carboxylic acids is 1. The number of rotatable bonds is 7. The maximum Gasteiger partial charge on any atom is 0.314 e. The molecule has 0 heterocycles. The fourth-order valence-corrected chi connectivity index (χ4v) is 6.79. The van der Waals surface area contributed by atoms with Crippen LogP contribution in [0.2, 0.25) is 0 Å². The molecule has 0 aromatic heterocycles. The number of hydrogen-bond acceptors (Lipinski definition) is 3. The van der Waals surface area contributed by atoms with E-state index >= 15 is 0 Å². The lowest BCUT2D eigenvalue weighted by Gasteiger charge is -2.45. The average Bonchev–Trinajstić information content (AvgIpc) is 2.84. The number of allylic oxidation sites excluding steroid dienone is 2. The van der Waals surface area contributed by atoms with Gasteiger partial charge in [0.25, 0.3) is 0 Å². The molecule has 0 radical (unpaired) electrons. The molecule has 0 aliphatic heterocycles. The predicted octanol–water partition coefficient (Wildman–Crippen LogP) is 7.51. The summed E-state index contributed by atoms with van der Waals surface area (Å²) in [4.78, 5) is 13.1. The highest BCUT2D eigenvalue weighted by Crippen LogP contribution is 2.50. The molecule has 3 aliphatic carbocycles. The van der Waals surface area contributed by atoms with Crippen molar-refractivity contribution in [3.8, 4) is 11.5 Å². The average molecular weight is 455 g/mol. The zero-order valence-corrected chi connectivity index (χ0v) is 20.0. The van der Waals surface area contributed by atoms with Crippen LogP contribution in [0, 0.1) is 41.3 Å². The Hall–Kier alpha value is -2.10. The first-order chi connectivity index (χ1) is 16.1. The summed E-state index contributed by atoms with van der Waals surface area (Å²) < 4.78 is 25.4. The lowest BCUT2D eigenvalue weighted by atomic mass is 9.59. The van der Waals surface area contributed by atoms with Gasteiger partial charge in [-0.05, 0) is 100 Å². The summed E-state index contributed by atoms with van der Waals surface area (Å²) in [5, 5.41) is 0. The molecule has 3 saturated carbocycles. The highest BCUT2D eigenvalue weighted by molar-refractivity contribution is 5.75. The largest absolute Gasteiger partial charge is 0.489 e. The fourth-order valence-electron chi connectivity index (χ4n) is 6.79. The van der Waals surface area contributed by atoms with Gasteiger partial charge in [0.2, 0.25) is 0 Å². The van der Waals surface area contributed by atoms with Crippen molar-refractivity contribution in [1.82, 2.24) is 0 Å². The Bertz CT molecular complexity index is 839. The molecule has 3 aliphatic rings. The first-order valence-electron chi connectivity index (χ1n) is 13.0. The minimum atomic E-state index is -0.561. The highest BCUT2D eigenvalue weighted by atomic mass is 19.1. The molecular weight excluding hydrogens is 415 g/mol. The van der Waals surface area contributed by atoms with Gasteiger partial charge in [0.05, 0.1) is 5.92 Å². The molecule has 0 spiro atoms. The van der Waals surface area contributed by atoms with Crippen LogP contribution in [0.15, 0.2) is 43.0 Å². The second kappa shape index (κ2) is 11.4. The summed E-state index contributed by atoms with van der Waals surface area (Å²) in [6, 6.07) is 4.40. The molecule has 0 amide bonds. The number of hydrogen-bond donors (Lipinski definition) is 0. The van der Waals surface area contributed by atoms with Crippen LogP contribution >= 0.6 is 0 Å². The zero-order chi connectivity index (χ0) is 23.2. The van der Waals surface area contributed by atoms with Gasteiger partial charge in [-0.3, -0.25) is 4.79 Å². The highest BCUT2D eigenvalue weighted by Gasteiger charge is 2.43. The fraction of sp³-hybridized carbons (Fsp3) is 0.621. The third-order valence-corrected chi connectivity index (χ3v) is 8.42. The maximum atomic E-state index is 14.5. The van der Waals surface area contributed by atoms with Crippen LogP contribution in [0.1, 0.15) is 71.1 Å². The quantitative estimate of drug-likeness (QED) is 0.243. The number of ether oxygens (including phenoxy) is 2. The van der Waals surface area contributed by atoms with Gasteiger partial charge in [-0.1, -0.05) is 37.6 Å². The van der Waals surface area contributed by atoms with Crippen molar-refractivity contribution in [3.05, 3.63) is 48.8 Å². The van der Waals surface area contributed by atoms with Gasteiger partial charge < -0.3 is 9.47 Å². The van der Waals surface area contributed by atoms with Crippen molar-refractivity contribution in [2.75, 3.05) is 6.61 Å². The van der Waals surface area contributed by atoms with Crippen molar-refractivity contribution in [2.24, 2.45) is 35.5 Å².